The minimum atomic E-state index is -4.43. The second-order valence-electron chi connectivity index (χ2n) is 12.5. The van der Waals surface area contributed by atoms with Gasteiger partial charge in [0.15, 0.2) is 0 Å². The first-order valence-electron chi connectivity index (χ1n) is 13.7. The van der Waals surface area contributed by atoms with Crippen molar-refractivity contribution in [2.45, 2.75) is 88.7 Å². The summed E-state index contributed by atoms with van der Waals surface area (Å²) in [6, 6.07) is 3.23. The van der Waals surface area contributed by atoms with E-state index in [1.54, 1.807) is 4.68 Å². The highest BCUT2D eigenvalue weighted by Crippen LogP contribution is 2.40. The SMILES string of the molecule is CC(C)(C)[C@@H](C(=O)N1C[C@H](O)C[C@H]1C(=O)NC1(Cc2ccc(C(F)(F)F)cc2)CCOC1)n1cc(C2CC2)nn1. The number of carbonyl (C=O) groups excluding carboxylic acids is 2. The van der Waals surface area contributed by atoms with Crippen LogP contribution in [0, 0.1) is 5.41 Å². The van der Waals surface area contributed by atoms with E-state index in [2.05, 4.69) is 15.6 Å². The summed E-state index contributed by atoms with van der Waals surface area (Å²) in [5, 5.41) is 22.1. The summed E-state index contributed by atoms with van der Waals surface area (Å²) >= 11 is 0. The number of nitrogens with one attached hydrogen (secondary N) is 1. The Morgan fingerprint density at radius 3 is 2.48 bits per heavy atom. The number of benzene rings is 1. The molecule has 1 aromatic heterocycles. The molecule has 9 nitrogen and oxygen atoms in total. The van der Waals surface area contributed by atoms with Gasteiger partial charge in [-0.25, -0.2) is 4.68 Å². The Bertz CT molecular complexity index is 1230. The molecule has 2 N–H and O–H groups in total. The lowest BCUT2D eigenvalue weighted by atomic mass is 9.85. The number of likely N-dealkylation sites (tertiary alicyclic amines) is 1. The molecule has 1 aliphatic carbocycles. The first-order valence-corrected chi connectivity index (χ1v) is 13.7. The third kappa shape index (κ3) is 6.02. The number of aromatic nitrogens is 3. The van der Waals surface area contributed by atoms with E-state index in [1.165, 1.54) is 17.0 Å². The summed E-state index contributed by atoms with van der Waals surface area (Å²) in [5.41, 5.74) is -0.652. The number of ether oxygens (including phenoxy) is 1. The quantitative estimate of drug-likeness (QED) is 0.536. The van der Waals surface area contributed by atoms with Crippen molar-refractivity contribution < 1.29 is 32.6 Å². The highest BCUT2D eigenvalue weighted by Gasteiger charge is 2.47. The summed E-state index contributed by atoms with van der Waals surface area (Å²) in [6.07, 6.45) is -0.584. The van der Waals surface area contributed by atoms with E-state index in [4.69, 9.17) is 4.74 Å². The fourth-order valence-electron chi connectivity index (χ4n) is 5.76. The fraction of sp³-hybridized carbons (Fsp3) is 0.643. The number of rotatable bonds is 7. The standard InChI is InChI=1S/C28H36F3N5O4/c1-26(2,3)23(36-15-21(33-34-36)18-6-7-18)25(39)35-14-20(37)12-22(35)24(38)32-27(10-11-40-16-27)13-17-4-8-19(9-5-17)28(29,30)31/h4-5,8-9,15,18,20,22-23,37H,6-7,10-14,16H2,1-3H3,(H,32,38)/t20-,22+,23-,27?/m1/s1. The van der Waals surface area contributed by atoms with Crippen LogP contribution in [0.4, 0.5) is 13.2 Å². The lowest BCUT2D eigenvalue weighted by Crippen LogP contribution is -2.57. The number of carbonyl (C=O) groups is 2. The van der Waals surface area contributed by atoms with Crippen LogP contribution >= 0.6 is 0 Å². The maximum atomic E-state index is 14.0. The number of halogens is 3. The molecule has 218 valence electrons. The second-order valence-corrected chi connectivity index (χ2v) is 12.5. The van der Waals surface area contributed by atoms with E-state index in [9.17, 15) is 27.9 Å². The number of β-amino-alcohol motifs (C(OH)–C–C–N with tert-alkyl or cyclic N) is 1. The molecule has 3 heterocycles. The molecule has 2 aliphatic heterocycles. The Morgan fingerprint density at radius 1 is 1.20 bits per heavy atom. The molecule has 0 spiro atoms. The topological polar surface area (TPSA) is 110 Å². The van der Waals surface area contributed by atoms with Gasteiger partial charge in [0.05, 0.1) is 29.5 Å². The summed E-state index contributed by atoms with van der Waals surface area (Å²) in [6.45, 7) is 6.35. The van der Waals surface area contributed by atoms with Crippen molar-refractivity contribution >= 4 is 11.8 Å². The summed E-state index contributed by atoms with van der Waals surface area (Å²) < 4.78 is 46.2. The summed E-state index contributed by atoms with van der Waals surface area (Å²) in [4.78, 5) is 29.1. The molecule has 1 unspecified atom stereocenters. The van der Waals surface area contributed by atoms with Gasteiger partial charge in [-0.05, 0) is 48.8 Å². The number of hydrogen-bond acceptors (Lipinski definition) is 6. The zero-order valence-electron chi connectivity index (χ0n) is 22.9. The maximum absolute atomic E-state index is 14.0. The van der Waals surface area contributed by atoms with Crippen LogP contribution in [0.1, 0.15) is 75.2 Å². The second kappa shape index (κ2) is 10.4. The molecular formula is C28H36F3N5O4. The van der Waals surface area contributed by atoms with E-state index in [-0.39, 0.29) is 31.9 Å². The largest absolute Gasteiger partial charge is 0.416 e. The highest BCUT2D eigenvalue weighted by atomic mass is 19.4. The molecule has 2 amide bonds. The van der Waals surface area contributed by atoms with Crippen LogP contribution in [0.5, 0.6) is 0 Å². The maximum Gasteiger partial charge on any atom is 0.416 e. The van der Waals surface area contributed by atoms with Gasteiger partial charge < -0.3 is 20.1 Å². The molecule has 4 atom stereocenters. The van der Waals surface area contributed by atoms with Crippen LogP contribution in [0.2, 0.25) is 0 Å². The van der Waals surface area contributed by atoms with Crippen molar-refractivity contribution in [3.05, 3.63) is 47.3 Å². The van der Waals surface area contributed by atoms with E-state index in [0.29, 0.717) is 24.5 Å². The molecule has 0 radical (unpaired) electrons. The molecule has 3 aliphatic rings. The van der Waals surface area contributed by atoms with Gasteiger partial charge in [-0.15, -0.1) is 5.10 Å². The van der Waals surface area contributed by atoms with Crippen molar-refractivity contribution in [1.82, 2.24) is 25.2 Å². The Labute approximate surface area is 231 Å². The zero-order chi connectivity index (χ0) is 28.9. The number of amides is 2. The molecule has 1 saturated carbocycles. The lowest BCUT2D eigenvalue weighted by Gasteiger charge is -2.36. The first-order chi connectivity index (χ1) is 18.8. The molecule has 3 fully saturated rings. The average molecular weight is 564 g/mol. The first kappa shape index (κ1) is 28.5. The summed E-state index contributed by atoms with van der Waals surface area (Å²) in [5.74, 6) is -0.380. The van der Waals surface area contributed by atoms with E-state index >= 15 is 0 Å². The monoisotopic (exact) mass is 563 g/mol. The minimum Gasteiger partial charge on any atom is -0.391 e. The molecule has 5 rings (SSSR count). The molecule has 40 heavy (non-hydrogen) atoms. The Hall–Kier alpha value is -2.99. The number of nitrogens with zero attached hydrogens (tertiary/aromatic N) is 4. The van der Waals surface area contributed by atoms with E-state index in [0.717, 1.165) is 30.7 Å². The Kier molecular flexibility index (Phi) is 7.45. The Morgan fingerprint density at radius 2 is 1.90 bits per heavy atom. The Balaban J connectivity index is 1.34. The van der Waals surface area contributed by atoms with Gasteiger partial charge in [0.25, 0.3) is 0 Å². The van der Waals surface area contributed by atoms with Crippen LogP contribution in [0.15, 0.2) is 30.5 Å². The van der Waals surface area contributed by atoms with Gasteiger partial charge in [-0.1, -0.05) is 38.1 Å². The van der Waals surface area contributed by atoms with Crippen LogP contribution < -0.4 is 5.32 Å². The predicted molar refractivity (Wildman–Crippen MR) is 138 cm³/mol. The van der Waals surface area contributed by atoms with Crippen molar-refractivity contribution in [1.29, 1.82) is 0 Å². The van der Waals surface area contributed by atoms with Gasteiger partial charge in [0, 0.05) is 31.7 Å². The molecule has 12 heteroatoms. The molecule has 1 aromatic carbocycles. The van der Waals surface area contributed by atoms with Crippen LogP contribution in [-0.2, 0) is 26.9 Å². The van der Waals surface area contributed by atoms with E-state index in [1.807, 2.05) is 27.0 Å². The van der Waals surface area contributed by atoms with E-state index < -0.39 is 46.8 Å². The van der Waals surface area contributed by atoms with Crippen molar-refractivity contribution in [2.24, 2.45) is 5.41 Å². The van der Waals surface area contributed by atoms with Crippen LogP contribution in [-0.4, -0.2) is 74.3 Å². The molecule has 2 aromatic rings. The minimum absolute atomic E-state index is 0.0100. The van der Waals surface area contributed by atoms with Gasteiger partial charge in [-0.3, -0.25) is 9.59 Å². The fourth-order valence-corrected chi connectivity index (χ4v) is 5.76. The lowest BCUT2D eigenvalue weighted by molar-refractivity contribution is -0.144. The smallest absolute Gasteiger partial charge is 0.391 e. The summed E-state index contributed by atoms with van der Waals surface area (Å²) in [7, 11) is 0. The van der Waals surface area contributed by atoms with Crippen molar-refractivity contribution in [3.63, 3.8) is 0 Å². The molecule has 0 bridgehead atoms. The molecular weight excluding hydrogens is 527 g/mol. The van der Waals surface area contributed by atoms with Gasteiger partial charge in [-0.2, -0.15) is 13.2 Å². The van der Waals surface area contributed by atoms with Crippen LogP contribution in [0.3, 0.4) is 0 Å². The number of aliphatic hydroxyl groups is 1. The van der Waals surface area contributed by atoms with Gasteiger partial charge >= 0.3 is 6.18 Å². The third-order valence-corrected chi connectivity index (χ3v) is 8.02. The zero-order valence-corrected chi connectivity index (χ0v) is 22.9. The van der Waals surface area contributed by atoms with Crippen LogP contribution in [0.25, 0.3) is 0 Å². The van der Waals surface area contributed by atoms with Gasteiger partial charge in [0.1, 0.15) is 12.1 Å². The van der Waals surface area contributed by atoms with Crippen molar-refractivity contribution in [2.75, 3.05) is 19.8 Å². The predicted octanol–water partition coefficient (Wildman–Crippen LogP) is 3.24. The highest BCUT2D eigenvalue weighted by molar-refractivity contribution is 5.90. The van der Waals surface area contributed by atoms with Gasteiger partial charge in [0.2, 0.25) is 11.8 Å². The normalized spacial score (nSPS) is 26.2. The average Bonchev–Trinajstić information content (AvgIpc) is 3.22. The number of hydrogen-bond donors (Lipinski definition) is 2. The number of alkyl halides is 3. The number of aliphatic hydroxyl groups excluding tert-OH is 1. The van der Waals surface area contributed by atoms with Crippen molar-refractivity contribution in [3.8, 4) is 0 Å². The third-order valence-electron chi connectivity index (χ3n) is 8.02. The molecule has 2 saturated heterocycles.